The Labute approximate surface area is 132 Å². The number of hydrogen-bond acceptors (Lipinski definition) is 1. The fourth-order valence-electron chi connectivity index (χ4n) is 2.27. The average molecular weight is 365 g/mol. The standard InChI is InChI=1S/C14H16BrCl2NO/c15-9-10-3-5-18(6-4-10)14(19)8-11-1-2-12(16)13(17)7-11/h1-2,7,10H,3-6,8-9H2. The van der Waals surface area contributed by atoms with E-state index in [9.17, 15) is 4.79 Å². The Balaban J connectivity index is 1.92. The van der Waals surface area contributed by atoms with E-state index >= 15 is 0 Å². The van der Waals surface area contributed by atoms with Crippen molar-refractivity contribution in [2.75, 3.05) is 18.4 Å². The molecule has 1 aromatic rings. The van der Waals surface area contributed by atoms with Gasteiger partial charge in [0, 0.05) is 18.4 Å². The average Bonchev–Trinajstić information content (AvgIpc) is 2.43. The first kappa shape index (κ1) is 15.1. The molecule has 5 heteroatoms. The Kier molecular flexibility index (Phi) is 5.55. The van der Waals surface area contributed by atoms with Gasteiger partial charge in [-0.1, -0.05) is 45.2 Å². The van der Waals surface area contributed by atoms with Crippen molar-refractivity contribution in [3.05, 3.63) is 33.8 Å². The number of hydrogen-bond donors (Lipinski definition) is 0. The van der Waals surface area contributed by atoms with Crippen molar-refractivity contribution >= 4 is 45.0 Å². The zero-order chi connectivity index (χ0) is 13.8. The van der Waals surface area contributed by atoms with Crippen LogP contribution in [0.1, 0.15) is 18.4 Å². The molecule has 0 bridgehead atoms. The number of halogens is 3. The summed E-state index contributed by atoms with van der Waals surface area (Å²) in [5.74, 6) is 0.875. The van der Waals surface area contributed by atoms with Gasteiger partial charge in [0.15, 0.2) is 0 Å². The van der Waals surface area contributed by atoms with Gasteiger partial charge >= 0.3 is 0 Å². The largest absolute Gasteiger partial charge is 0.342 e. The molecule has 19 heavy (non-hydrogen) atoms. The van der Waals surface area contributed by atoms with Crippen LogP contribution in [0.2, 0.25) is 10.0 Å². The van der Waals surface area contributed by atoms with Gasteiger partial charge < -0.3 is 4.90 Å². The summed E-state index contributed by atoms with van der Waals surface area (Å²) in [6.07, 6.45) is 2.56. The van der Waals surface area contributed by atoms with Crippen LogP contribution in [0.4, 0.5) is 0 Å². The highest BCUT2D eigenvalue weighted by Crippen LogP contribution is 2.24. The molecule has 1 aliphatic heterocycles. The van der Waals surface area contributed by atoms with Gasteiger partial charge in [0.25, 0.3) is 0 Å². The van der Waals surface area contributed by atoms with E-state index in [2.05, 4.69) is 15.9 Å². The number of rotatable bonds is 3. The molecule has 0 saturated carbocycles. The van der Waals surface area contributed by atoms with Gasteiger partial charge in [0.2, 0.25) is 5.91 Å². The Morgan fingerprint density at radius 2 is 1.95 bits per heavy atom. The second kappa shape index (κ2) is 6.96. The van der Waals surface area contributed by atoms with Crippen LogP contribution in [0.25, 0.3) is 0 Å². The quantitative estimate of drug-likeness (QED) is 0.737. The third-order valence-electron chi connectivity index (χ3n) is 3.52. The van der Waals surface area contributed by atoms with Gasteiger partial charge in [0.05, 0.1) is 16.5 Å². The summed E-state index contributed by atoms with van der Waals surface area (Å²) in [6.45, 7) is 1.72. The van der Waals surface area contributed by atoms with Gasteiger partial charge in [0.1, 0.15) is 0 Å². The van der Waals surface area contributed by atoms with Crippen LogP contribution in [-0.2, 0) is 11.2 Å². The number of piperidine rings is 1. The molecule has 1 heterocycles. The Morgan fingerprint density at radius 1 is 1.26 bits per heavy atom. The summed E-state index contributed by atoms with van der Waals surface area (Å²) in [5, 5.41) is 2.06. The molecule has 2 nitrogen and oxygen atoms in total. The minimum atomic E-state index is 0.173. The van der Waals surface area contributed by atoms with Gasteiger partial charge in [-0.05, 0) is 36.5 Å². The number of carbonyl (C=O) groups excluding carboxylic acids is 1. The van der Waals surface area contributed by atoms with Crippen LogP contribution >= 0.6 is 39.1 Å². The van der Waals surface area contributed by atoms with E-state index in [1.807, 2.05) is 11.0 Å². The van der Waals surface area contributed by atoms with Crippen LogP contribution < -0.4 is 0 Å². The van der Waals surface area contributed by atoms with Crippen LogP contribution in [-0.4, -0.2) is 29.2 Å². The first-order chi connectivity index (χ1) is 9.10. The number of alkyl halides is 1. The van der Waals surface area contributed by atoms with Crippen LogP contribution in [0.3, 0.4) is 0 Å². The summed E-state index contributed by atoms with van der Waals surface area (Å²) in [5.41, 5.74) is 0.919. The minimum absolute atomic E-state index is 0.173. The monoisotopic (exact) mass is 363 g/mol. The molecule has 0 atom stereocenters. The van der Waals surface area contributed by atoms with E-state index in [0.29, 0.717) is 22.4 Å². The molecular formula is C14H16BrCl2NO. The van der Waals surface area contributed by atoms with Gasteiger partial charge in [-0.2, -0.15) is 0 Å². The van der Waals surface area contributed by atoms with Gasteiger partial charge in [-0.25, -0.2) is 0 Å². The van der Waals surface area contributed by atoms with Crippen LogP contribution in [0.5, 0.6) is 0 Å². The van der Waals surface area contributed by atoms with Crippen molar-refractivity contribution in [1.82, 2.24) is 4.90 Å². The fourth-order valence-corrected chi connectivity index (χ4v) is 3.24. The summed E-state index contributed by atoms with van der Waals surface area (Å²) in [7, 11) is 0. The molecule has 1 amide bonds. The van der Waals surface area contributed by atoms with E-state index in [-0.39, 0.29) is 5.91 Å². The SMILES string of the molecule is O=C(Cc1ccc(Cl)c(Cl)c1)N1CCC(CBr)CC1. The molecule has 0 aromatic heterocycles. The highest BCUT2D eigenvalue weighted by Gasteiger charge is 2.22. The van der Waals surface area contributed by atoms with Crippen molar-refractivity contribution < 1.29 is 4.79 Å². The summed E-state index contributed by atoms with van der Waals surface area (Å²) in [4.78, 5) is 14.1. The molecule has 1 aromatic carbocycles. The maximum atomic E-state index is 12.2. The first-order valence-corrected chi connectivity index (χ1v) is 8.25. The van der Waals surface area contributed by atoms with Crippen molar-refractivity contribution in [1.29, 1.82) is 0 Å². The van der Waals surface area contributed by atoms with E-state index in [1.54, 1.807) is 12.1 Å². The molecule has 1 fully saturated rings. The molecular weight excluding hydrogens is 349 g/mol. The van der Waals surface area contributed by atoms with E-state index < -0.39 is 0 Å². The normalized spacial score (nSPS) is 16.7. The second-order valence-corrected chi connectivity index (χ2v) is 6.37. The zero-order valence-electron chi connectivity index (χ0n) is 10.5. The third kappa shape index (κ3) is 4.11. The molecule has 0 radical (unpaired) electrons. The van der Waals surface area contributed by atoms with Crippen molar-refractivity contribution in [3.8, 4) is 0 Å². The zero-order valence-corrected chi connectivity index (χ0v) is 13.6. The van der Waals surface area contributed by atoms with Crippen molar-refractivity contribution in [2.45, 2.75) is 19.3 Å². The lowest BCUT2D eigenvalue weighted by Crippen LogP contribution is -2.39. The summed E-state index contributed by atoms with van der Waals surface area (Å²) in [6, 6.07) is 5.37. The predicted molar refractivity (Wildman–Crippen MR) is 83.3 cm³/mol. The number of amides is 1. The second-order valence-electron chi connectivity index (χ2n) is 4.90. The fraction of sp³-hybridized carbons (Fsp3) is 0.500. The first-order valence-electron chi connectivity index (χ1n) is 6.38. The lowest BCUT2D eigenvalue weighted by atomic mass is 9.98. The number of likely N-dealkylation sites (tertiary alicyclic amines) is 1. The smallest absolute Gasteiger partial charge is 0.226 e. The van der Waals surface area contributed by atoms with Crippen LogP contribution in [0, 0.1) is 5.92 Å². The van der Waals surface area contributed by atoms with Gasteiger partial charge in [-0.3, -0.25) is 4.79 Å². The molecule has 0 unspecified atom stereocenters. The molecule has 1 saturated heterocycles. The maximum absolute atomic E-state index is 12.2. The summed E-state index contributed by atoms with van der Waals surface area (Å²) >= 11 is 15.3. The molecule has 1 aliphatic rings. The maximum Gasteiger partial charge on any atom is 0.226 e. The van der Waals surface area contributed by atoms with E-state index in [1.165, 1.54) is 0 Å². The number of benzene rings is 1. The Bertz CT molecular complexity index is 459. The van der Waals surface area contributed by atoms with Crippen molar-refractivity contribution in [3.63, 3.8) is 0 Å². The molecule has 0 N–H and O–H groups in total. The van der Waals surface area contributed by atoms with Gasteiger partial charge in [-0.15, -0.1) is 0 Å². The minimum Gasteiger partial charge on any atom is -0.342 e. The Morgan fingerprint density at radius 3 is 2.53 bits per heavy atom. The molecule has 2 rings (SSSR count). The van der Waals surface area contributed by atoms with E-state index in [4.69, 9.17) is 23.2 Å². The molecule has 0 spiro atoms. The highest BCUT2D eigenvalue weighted by molar-refractivity contribution is 9.09. The van der Waals surface area contributed by atoms with Crippen LogP contribution in [0.15, 0.2) is 18.2 Å². The summed E-state index contributed by atoms with van der Waals surface area (Å²) < 4.78 is 0. The topological polar surface area (TPSA) is 20.3 Å². The molecule has 0 aliphatic carbocycles. The molecule has 104 valence electrons. The number of carbonyl (C=O) groups is 1. The Hall–Kier alpha value is -0.250. The van der Waals surface area contributed by atoms with Crippen molar-refractivity contribution in [2.24, 2.45) is 5.92 Å². The highest BCUT2D eigenvalue weighted by atomic mass is 79.9. The lowest BCUT2D eigenvalue weighted by Gasteiger charge is -2.31. The van der Waals surface area contributed by atoms with E-state index in [0.717, 1.165) is 36.8 Å². The predicted octanol–water partition coefficient (Wildman–Crippen LogP) is 4.17. The third-order valence-corrected chi connectivity index (χ3v) is 5.18. The lowest BCUT2D eigenvalue weighted by molar-refractivity contribution is -0.131. The number of nitrogens with zero attached hydrogens (tertiary/aromatic N) is 1.